The molecular formula is C28H31N3O4S2. The van der Waals surface area contributed by atoms with Crippen LogP contribution in [0.25, 0.3) is 21.0 Å². The van der Waals surface area contributed by atoms with Gasteiger partial charge >= 0.3 is 0 Å². The minimum atomic E-state index is -3.61. The quantitative estimate of drug-likeness (QED) is 0.350. The summed E-state index contributed by atoms with van der Waals surface area (Å²) in [6.45, 7) is 6.25. The maximum Gasteiger partial charge on any atom is 0.279 e. The summed E-state index contributed by atoms with van der Waals surface area (Å²) in [5, 5.41) is 2.24. The highest BCUT2D eigenvalue weighted by atomic mass is 32.2. The second-order valence-corrected chi connectivity index (χ2v) is 12.8. The molecule has 2 heterocycles. The molecule has 194 valence electrons. The van der Waals surface area contributed by atoms with Crippen molar-refractivity contribution in [3.05, 3.63) is 71.0 Å². The van der Waals surface area contributed by atoms with E-state index in [1.807, 2.05) is 16.7 Å². The van der Waals surface area contributed by atoms with Crippen molar-refractivity contribution in [1.29, 1.82) is 0 Å². The number of ether oxygens (including phenoxy) is 1. The van der Waals surface area contributed by atoms with Gasteiger partial charge in [-0.3, -0.25) is 4.79 Å². The van der Waals surface area contributed by atoms with E-state index in [-0.39, 0.29) is 4.90 Å². The van der Waals surface area contributed by atoms with Gasteiger partial charge in [0.1, 0.15) is 0 Å². The molecule has 4 aromatic rings. The van der Waals surface area contributed by atoms with E-state index in [1.165, 1.54) is 23.5 Å². The first-order chi connectivity index (χ1) is 17.8. The first kappa shape index (κ1) is 25.8. The fraction of sp³-hybridized carbons (Fsp3) is 0.357. The fourth-order valence-electron chi connectivity index (χ4n) is 5.15. The first-order valence-corrected chi connectivity index (χ1v) is 14.7. The molecule has 1 aliphatic heterocycles. The summed E-state index contributed by atoms with van der Waals surface area (Å²) < 4.78 is 36.3. The number of benzene rings is 3. The van der Waals surface area contributed by atoms with E-state index in [1.54, 1.807) is 23.5 Å². The molecule has 0 spiro atoms. The summed E-state index contributed by atoms with van der Waals surface area (Å²) in [5.41, 5.74) is 1.35. The SMILES string of the molecule is COCCn1c(=NC(=O)c2ccc(S(=O)(=O)N3CC(C)CC(C)C3)cc2)sc2c3ccccc3ccc21. The molecular weight excluding hydrogens is 506 g/mol. The van der Waals surface area contributed by atoms with E-state index in [0.29, 0.717) is 48.4 Å². The number of piperidine rings is 1. The van der Waals surface area contributed by atoms with Crippen LogP contribution in [-0.2, 0) is 21.3 Å². The van der Waals surface area contributed by atoms with Gasteiger partial charge in [-0.2, -0.15) is 9.30 Å². The lowest BCUT2D eigenvalue weighted by atomic mass is 9.94. The first-order valence-electron chi connectivity index (χ1n) is 12.5. The Morgan fingerprint density at radius 1 is 1.03 bits per heavy atom. The minimum absolute atomic E-state index is 0.203. The Morgan fingerprint density at radius 3 is 2.43 bits per heavy atom. The van der Waals surface area contributed by atoms with Crippen molar-refractivity contribution in [2.24, 2.45) is 16.8 Å². The number of amides is 1. The number of nitrogens with zero attached hydrogens (tertiary/aromatic N) is 3. The van der Waals surface area contributed by atoms with E-state index in [9.17, 15) is 13.2 Å². The summed E-state index contributed by atoms with van der Waals surface area (Å²) in [4.78, 5) is 18.4. The molecule has 0 bridgehead atoms. The van der Waals surface area contributed by atoms with Crippen molar-refractivity contribution >= 4 is 48.3 Å². The zero-order valence-corrected chi connectivity index (χ0v) is 22.9. The van der Waals surface area contributed by atoms with Gasteiger partial charge in [-0.15, -0.1) is 0 Å². The smallest absolute Gasteiger partial charge is 0.279 e. The topological polar surface area (TPSA) is 81.0 Å². The normalized spacial score (nSPS) is 19.6. The van der Waals surface area contributed by atoms with E-state index < -0.39 is 15.9 Å². The average Bonchev–Trinajstić information content (AvgIpc) is 3.24. The van der Waals surface area contributed by atoms with Crippen LogP contribution >= 0.6 is 11.3 Å². The third-order valence-corrected chi connectivity index (χ3v) is 9.84. The Kier molecular flexibility index (Phi) is 7.31. The van der Waals surface area contributed by atoms with Crippen molar-refractivity contribution in [1.82, 2.24) is 8.87 Å². The lowest BCUT2D eigenvalue weighted by Crippen LogP contribution is -2.42. The third kappa shape index (κ3) is 5.13. The molecule has 1 aromatic heterocycles. The number of hydrogen-bond donors (Lipinski definition) is 0. The standard InChI is InChI=1S/C28H31N3O4S2/c1-19-16-20(2)18-30(17-19)37(33,34)23-11-8-22(9-12-23)27(32)29-28-31(14-15-35-3)25-13-10-21-6-4-5-7-24(21)26(25)36-28/h4-13,19-20H,14-18H2,1-3H3. The van der Waals surface area contributed by atoms with E-state index >= 15 is 0 Å². The van der Waals surface area contributed by atoms with Crippen molar-refractivity contribution in [3.8, 4) is 0 Å². The van der Waals surface area contributed by atoms with E-state index in [4.69, 9.17) is 4.74 Å². The van der Waals surface area contributed by atoms with Crippen LogP contribution in [0, 0.1) is 11.8 Å². The highest BCUT2D eigenvalue weighted by Crippen LogP contribution is 2.28. The van der Waals surface area contributed by atoms with Crippen molar-refractivity contribution in [3.63, 3.8) is 0 Å². The number of fused-ring (bicyclic) bond motifs is 3. The predicted molar refractivity (Wildman–Crippen MR) is 147 cm³/mol. The molecule has 1 aliphatic rings. The third-order valence-electron chi connectivity index (χ3n) is 6.86. The lowest BCUT2D eigenvalue weighted by molar-refractivity contribution is 0.0997. The zero-order valence-electron chi connectivity index (χ0n) is 21.3. The molecule has 1 fully saturated rings. The Labute approximate surface area is 221 Å². The highest BCUT2D eigenvalue weighted by molar-refractivity contribution is 7.89. The van der Waals surface area contributed by atoms with Gasteiger partial charge in [0.25, 0.3) is 5.91 Å². The molecule has 0 N–H and O–H groups in total. The second kappa shape index (κ2) is 10.5. The average molecular weight is 538 g/mol. The number of carbonyl (C=O) groups is 1. The van der Waals surface area contributed by atoms with Crippen molar-refractivity contribution in [2.75, 3.05) is 26.8 Å². The van der Waals surface area contributed by atoms with Crippen LogP contribution in [0.5, 0.6) is 0 Å². The van der Waals surface area contributed by atoms with Crippen molar-refractivity contribution in [2.45, 2.75) is 31.7 Å². The highest BCUT2D eigenvalue weighted by Gasteiger charge is 2.31. The van der Waals surface area contributed by atoms with Crippen LogP contribution in [0.1, 0.15) is 30.6 Å². The molecule has 1 amide bonds. The minimum Gasteiger partial charge on any atom is -0.383 e. The Hall–Kier alpha value is -2.85. The van der Waals surface area contributed by atoms with E-state index in [0.717, 1.165) is 27.4 Å². The van der Waals surface area contributed by atoms with Crippen LogP contribution in [0.15, 0.2) is 70.6 Å². The van der Waals surface area contributed by atoms with Gasteiger partial charge in [0.2, 0.25) is 10.0 Å². The predicted octanol–water partition coefficient (Wildman–Crippen LogP) is 4.91. The largest absolute Gasteiger partial charge is 0.383 e. The van der Waals surface area contributed by atoms with Crippen LogP contribution in [-0.4, -0.2) is 50.0 Å². The number of sulfonamides is 1. The fourth-order valence-corrected chi connectivity index (χ4v) is 8.02. The lowest BCUT2D eigenvalue weighted by Gasteiger charge is -2.34. The van der Waals surface area contributed by atoms with Gasteiger partial charge in [-0.1, -0.05) is 55.5 Å². The van der Waals surface area contributed by atoms with Gasteiger partial charge in [0.05, 0.1) is 21.7 Å². The molecule has 5 rings (SSSR count). The van der Waals surface area contributed by atoms with Gasteiger partial charge in [-0.25, -0.2) is 8.42 Å². The summed E-state index contributed by atoms with van der Waals surface area (Å²) in [7, 11) is -1.96. The molecule has 1 saturated heterocycles. The maximum atomic E-state index is 13.2. The van der Waals surface area contributed by atoms with E-state index in [2.05, 4.69) is 43.1 Å². The van der Waals surface area contributed by atoms with Crippen LogP contribution in [0.4, 0.5) is 0 Å². The Morgan fingerprint density at radius 2 is 1.73 bits per heavy atom. The number of rotatable bonds is 6. The summed E-state index contributed by atoms with van der Waals surface area (Å²) in [6.07, 6.45) is 1.03. The number of thiazole rings is 1. The molecule has 7 nitrogen and oxygen atoms in total. The number of aromatic nitrogens is 1. The maximum absolute atomic E-state index is 13.2. The summed E-state index contributed by atoms with van der Waals surface area (Å²) >= 11 is 1.47. The van der Waals surface area contributed by atoms with Crippen LogP contribution in [0.2, 0.25) is 0 Å². The number of hydrogen-bond acceptors (Lipinski definition) is 5. The molecule has 0 radical (unpaired) electrons. The molecule has 0 saturated carbocycles. The van der Waals surface area contributed by atoms with Crippen LogP contribution in [0.3, 0.4) is 0 Å². The molecule has 37 heavy (non-hydrogen) atoms. The Balaban J connectivity index is 1.49. The summed E-state index contributed by atoms with van der Waals surface area (Å²) in [5.74, 6) is 0.231. The van der Waals surface area contributed by atoms with Gasteiger partial charge in [0.15, 0.2) is 4.80 Å². The molecule has 3 aromatic carbocycles. The monoisotopic (exact) mass is 537 g/mol. The van der Waals surface area contributed by atoms with Crippen molar-refractivity contribution < 1.29 is 17.9 Å². The van der Waals surface area contributed by atoms with Gasteiger partial charge in [-0.05, 0) is 54.0 Å². The molecule has 2 atom stereocenters. The van der Waals surface area contributed by atoms with Gasteiger partial charge in [0, 0.05) is 37.7 Å². The number of methoxy groups -OCH3 is 1. The van der Waals surface area contributed by atoms with Gasteiger partial charge < -0.3 is 9.30 Å². The molecule has 0 aliphatic carbocycles. The van der Waals surface area contributed by atoms with Crippen LogP contribution < -0.4 is 4.80 Å². The number of carbonyl (C=O) groups excluding carboxylic acids is 1. The molecule has 9 heteroatoms. The zero-order chi connectivity index (χ0) is 26.2. The molecule has 2 unspecified atom stereocenters. The Bertz CT molecular complexity index is 1610. The summed E-state index contributed by atoms with van der Waals surface area (Å²) in [6, 6.07) is 18.4. The second-order valence-electron chi connectivity index (χ2n) is 9.87.